The molecule has 0 saturated carbocycles. The van der Waals surface area contributed by atoms with Gasteiger partial charge < -0.3 is 14.7 Å². The Morgan fingerprint density at radius 1 is 0.833 bits per heavy atom. The fraction of sp³-hybridized carbons (Fsp3) is 0.424. The Morgan fingerprint density at radius 3 is 2.07 bits per heavy atom. The van der Waals surface area contributed by atoms with Gasteiger partial charge >= 0.3 is 11.7 Å². The zero-order valence-electron chi connectivity index (χ0n) is 23.9. The lowest BCUT2D eigenvalue weighted by atomic mass is 10.00. The topological polar surface area (TPSA) is 93.8 Å². The summed E-state index contributed by atoms with van der Waals surface area (Å²) < 4.78 is 10.3. The number of hydrogen-bond acceptors (Lipinski definition) is 6. The summed E-state index contributed by atoms with van der Waals surface area (Å²) in [6.07, 6.45) is 4.84. The molecule has 0 spiro atoms. The molecular formula is C33H39N3O5S. The van der Waals surface area contributed by atoms with Crippen LogP contribution in [0.1, 0.15) is 62.2 Å². The summed E-state index contributed by atoms with van der Waals surface area (Å²) in [5.41, 5.74) is 2.47. The molecule has 1 fully saturated rings. The van der Waals surface area contributed by atoms with E-state index in [9.17, 15) is 14.4 Å². The third-order valence-corrected chi connectivity index (χ3v) is 8.92. The molecule has 0 bridgehead atoms. The SMILES string of the molecule is O=C(O)CCCCn1c(=O)c2sccc2n(CCCCN2CCC(OC(c3ccccc3)c3ccccc3)CC2)c1=O. The number of hydrogen-bond donors (Lipinski definition) is 1. The van der Waals surface area contributed by atoms with Crippen molar-refractivity contribution < 1.29 is 14.6 Å². The Hall–Kier alpha value is -3.53. The van der Waals surface area contributed by atoms with Crippen molar-refractivity contribution in [3.8, 4) is 0 Å². The van der Waals surface area contributed by atoms with Gasteiger partial charge in [0.15, 0.2) is 0 Å². The molecule has 1 saturated heterocycles. The summed E-state index contributed by atoms with van der Waals surface area (Å²) in [4.78, 5) is 39.5. The van der Waals surface area contributed by atoms with Crippen LogP contribution in [-0.2, 0) is 22.6 Å². The van der Waals surface area contributed by atoms with Crippen molar-refractivity contribution >= 4 is 27.5 Å². The van der Waals surface area contributed by atoms with Crippen molar-refractivity contribution in [2.24, 2.45) is 0 Å². The molecule has 2 aromatic carbocycles. The Balaban J connectivity index is 1.13. The van der Waals surface area contributed by atoms with Crippen LogP contribution in [0.2, 0.25) is 0 Å². The quantitative estimate of drug-likeness (QED) is 0.195. The smallest absolute Gasteiger partial charge is 0.331 e. The monoisotopic (exact) mass is 589 g/mol. The molecule has 8 nitrogen and oxygen atoms in total. The molecule has 0 aliphatic carbocycles. The molecule has 42 heavy (non-hydrogen) atoms. The number of benzene rings is 2. The molecule has 222 valence electrons. The van der Waals surface area contributed by atoms with Gasteiger partial charge in [-0.2, -0.15) is 0 Å². The van der Waals surface area contributed by atoms with Gasteiger partial charge in [0.1, 0.15) is 10.8 Å². The molecule has 0 amide bonds. The number of rotatable bonds is 14. The van der Waals surface area contributed by atoms with Gasteiger partial charge in [-0.3, -0.25) is 18.7 Å². The minimum Gasteiger partial charge on any atom is -0.481 e. The number of carboxylic acids is 1. The largest absolute Gasteiger partial charge is 0.481 e. The number of nitrogens with zero attached hydrogens (tertiary/aromatic N) is 3. The number of aliphatic carboxylic acids is 1. The highest BCUT2D eigenvalue weighted by Crippen LogP contribution is 2.30. The maximum absolute atomic E-state index is 13.2. The second kappa shape index (κ2) is 14.6. The standard InChI is InChI=1S/C33H39N3O5S/c37-29(38)15-7-8-21-36-32(39)31-28(18-24-42-31)35(33(36)40)20-10-9-19-34-22-16-27(17-23-34)41-30(25-11-3-1-4-12-25)26-13-5-2-6-14-26/h1-6,11-14,18,24,27,30H,7-10,15-17,19-23H2,(H,37,38). The van der Waals surface area contributed by atoms with Crippen molar-refractivity contribution in [3.05, 3.63) is 104 Å². The van der Waals surface area contributed by atoms with Crippen LogP contribution in [0.3, 0.4) is 0 Å². The van der Waals surface area contributed by atoms with Crippen LogP contribution in [0.15, 0.2) is 81.7 Å². The molecule has 3 heterocycles. The normalized spacial score (nSPS) is 14.6. The lowest BCUT2D eigenvalue weighted by molar-refractivity contribution is -0.137. The molecular weight excluding hydrogens is 550 g/mol. The number of fused-ring (bicyclic) bond motifs is 1. The summed E-state index contributed by atoms with van der Waals surface area (Å²) in [6, 6.07) is 22.7. The van der Waals surface area contributed by atoms with Gasteiger partial charge in [0.2, 0.25) is 0 Å². The first-order chi connectivity index (χ1) is 20.5. The zero-order valence-corrected chi connectivity index (χ0v) is 24.7. The van der Waals surface area contributed by atoms with Gasteiger partial charge in [-0.25, -0.2) is 4.79 Å². The summed E-state index contributed by atoms with van der Waals surface area (Å²) in [5, 5.41) is 10.7. The molecule has 1 N–H and O–H groups in total. The first-order valence-electron chi connectivity index (χ1n) is 14.9. The van der Waals surface area contributed by atoms with E-state index in [4.69, 9.17) is 9.84 Å². The number of piperidine rings is 1. The van der Waals surface area contributed by atoms with E-state index in [2.05, 4.69) is 53.4 Å². The molecule has 0 unspecified atom stereocenters. The van der Waals surface area contributed by atoms with Crippen LogP contribution in [0.5, 0.6) is 0 Å². The van der Waals surface area contributed by atoms with E-state index >= 15 is 0 Å². The summed E-state index contributed by atoms with van der Waals surface area (Å²) >= 11 is 1.35. The third kappa shape index (κ3) is 7.45. The van der Waals surface area contributed by atoms with Crippen LogP contribution in [-0.4, -0.2) is 50.8 Å². The van der Waals surface area contributed by atoms with Gasteiger partial charge in [-0.1, -0.05) is 60.7 Å². The van der Waals surface area contributed by atoms with Gasteiger partial charge in [0.25, 0.3) is 5.56 Å². The Morgan fingerprint density at radius 2 is 1.43 bits per heavy atom. The minimum absolute atomic E-state index is 0.0359. The lowest BCUT2D eigenvalue weighted by Crippen LogP contribution is -2.40. The Kier molecular flexibility index (Phi) is 10.4. The van der Waals surface area contributed by atoms with Gasteiger partial charge in [0.05, 0.1) is 11.6 Å². The van der Waals surface area contributed by atoms with E-state index in [1.165, 1.54) is 27.0 Å². The van der Waals surface area contributed by atoms with E-state index in [-0.39, 0.29) is 36.4 Å². The molecule has 1 aliphatic rings. The summed E-state index contributed by atoms with van der Waals surface area (Å²) in [6.45, 7) is 3.72. The number of carboxylic acid groups (broad SMARTS) is 1. The van der Waals surface area contributed by atoms with Gasteiger partial charge in [0, 0.05) is 32.6 Å². The van der Waals surface area contributed by atoms with Crippen LogP contribution in [0, 0.1) is 0 Å². The zero-order chi connectivity index (χ0) is 29.3. The van der Waals surface area contributed by atoms with E-state index < -0.39 is 5.97 Å². The van der Waals surface area contributed by atoms with Gasteiger partial charge in [-0.05, 0) is 67.6 Å². The molecule has 4 aromatic rings. The maximum atomic E-state index is 13.2. The number of carbonyl (C=O) groups is 1. The van der Waals surface area contributed by atoms with Crippen LogP contribution in [0.4, 0.5) is 0 Å². The predicted molar refractivity (Wildman–Crippen MR) is 166 cm³/mol. The number of thiophene rings is 1. The highest BCUT2D eigenvalue weighted by Gasteiger charge is 2.24. The minimum atomic E-state index is -0.867. The van der Waals surface area contributed by atoms with Gasteiger partial charge in [-0.15, -0.1) is 11.3 Å². The Bertz CT molecular complexity index is 1520. The van der Waals surface area contributed by atoms with E-state index in [0.29, 0.717) is 29.6 Å². The average molecular weight is 590 g/mol. The predicted octanol–water partition coefficient (Wildman–Crippen LogP) is 5.53. The number of aromatic nitrogens is 2. The highest BCUT2D eigenvalue weighted by molar-refractivity contribution is 7.17. The van der Waals surface area contributed by atoms with Crippen molar-refractivity contribution in [1.82, 2.24) is 14.0 Å². The number of ether oxygens (including phenoxy) is 1. The second-order valence-electron chi connectivity index (χ2n) is 11.0. The first kappa shape index (κ1) is 29.9. The molecule has 0 atom stereocenters. The van der Waals surface area contributed by atoms with Crippen LogP contribution >= 0.6 is 11.3 Å². The highest BCUT2D eigenvalue weighted by atomic mass is 32.1. The van der Waals surface area contributed by atoms with E-state index in [0.717, 1.165) is 45.3 Å². The first-order valence-corrected chi connectivity index (χ1v) is 15.8. The molecule has 0 radical (unpaired) electrons. The summed E-state index contributed by atoms with van der Waals surface area (Å²) in [5.74, 6) is -0.867. The van der Waals surface area contributed by atoms with E-state index in [1.807, 2.05) is 23.6 Å². The molecule has 9 heteroatoms. The third-order valence-electron chi connectivity index (χ3n) is 8.03. The molecule has 1 aliphatic heterocycles. The van der Waals surface area contributed by atoms with Crippen molar-refractivity contribution in [2.75, 3.05) is 19.6 Å². The Labute approximate surface area is 249 Å². The molecule has 2 aromatic heterocycles. The number of likely N-dealkylation sites (tertiary alicyclic amines) is 1. The van der Waals surface area contributed by atoms with Crippen molar-refractivity contribution in [1.29, 1.82) is 0 Å². The van der Waals surface area contributed by atoms with E-state index in [1.54, 1.807) is 4.57 Å². The number of aryl methyl sites for hydroxylation is 1. The van der Waals surface area contributed by atoms with Crippen molar-refractivity contribution in [3.63, 3.8) is 0 Å². The molecule has 5 rings (SSSR count). The van der Waals surface area contributed by atoms with Crippen LogP contribution in [0.25, 0.3) is 10.2 Å². The fourth-order valence-corrected chi connectivity index (χ4v) is 6.61. The number of unbranched alkanes of at least 4 members (excludes halogenated alkanes) is 2. The average Bonchev–Trinajstić information content (AvgIpc) is 3.51. The summed E-state index contributed by atoms with van der Waals surface area (Å²) in [7, 11) is 0. The lowest BCUT2D eigenvalue weighted by Gasteiger charge is -2.34. The maximum Gasteiger partial charge on any atom is 0.331 e. The van der Waals surface area contributed by atoms with Crippen molar-refractivity contribution in [2.45, 2.75) is 70.2 Å². The fourth-order valence-electron chi connectivity index (χ4n) is 5.76. The van der Waals surface area contributed by atoms with Crippen LogP contribution < -0.4 is 11.2 Å². The second-order valence-corrected chi connectivity index (χ2v) is 11.9.